The van der Waals surface area contributed by atoms with Crippen molar-refractivity contribution in [3.05, 3.63) is 34.9 Å². The fraction of sp³-hybridized carbons (Fsp3) is 0.421. The number of aromatic nitrogens is 2. The lowest BCUT2D eigenvalue weighted by Gasteiger charge is -2.30. The summed E-state index contributed by atoms with van der Waals surface area (Å²) in [5.41, 5.74) is 3.75. The van der Waals surface area contributed by atoms with Gasteiger partial charge in [0.15, 0.2) is 5.82 Å². The molecule has 0 amide bonds. The highest BCUT2D eigenvalue weighted by atomic mass is 16.3. The zero-order chi connectivity index (χ0) is 18.0. The van der Waals surface area contributed by atoms with Gasteiger partial charge in [-0.15, -0.1) is 10.2 Å². The van der Waals surface area contributed by atoms with Crippen LogP contribution in [0.5, 0.6) is 5.75 Å². The lowest BCUT2D eigenvalue weighted by molar-refractivity contribution is 0.410. The number of phenols is 1. The lowest BCUT2D eigenvalue weighted by Crippen LogP contribution is -2.36. The Hall–Kier alpha value is -2.65. The van der Waals surface area contributed by atoms with E-state index in [2.05, 4.69) is 40.2 Å². The number of aryl methyl sites for hydroxylation is 2. The van der Waals surface area contributed by atoms with Gasteiger partial charge in [-0.3, -0.25) is 0 Å². The highest BCUT2D eigenvalue weighted by Crippen LogP contribution is 2.34. The summed E-state index contributed by atoms with van der Waals surface area (Å²) in [6.45, 7) is 4.77. The molecule has 0 saturated carbocycles. The van der Waals surface area contributed by atoms with Crippen LogP contribution in [0.25, 0.3) is 11.3 Å². The molecule has 0 fully saturated rings. The van der Waals surface area contributed by atoms with Crippen LogP contribution >= 0.6 is 0 Å². The minimum absolute atomic E-state index is 0.0751. The number of nitriles is 1. The van der Waals surface area contributed by atoms with Gasteiger partial charge in [-0.05, 0) is 63.2 Å². The summed E-state index contributed by atoms with van der Waals surface area (Å²) in [6.07, 6.45) is 2.05. The van der Waals surface area contributed by atoms with Gasteiger partial charge in [-0.25, -0.2) is 0 Å². The Kier molecular flexibility index (Phi) is 4.86. The summed E-state index contributed by atoms with van der Waals surface area (Å²) in [5.74, 6) is 1.02. The predicted octanol–water partition coefficient (Wildman–Crippen LogP) is 2.34. The Morgan fingerprint density at radius 3 is 2.76 bits per heavy atom. The van der Waals surface area contributed by atoms with Gasteiger partial charge in [0.1, 0.15) is 5.75 Å². The van der Waals surface area contributed by atoms with Gasteiger partial charge in [0, 0.05) is 25.2 Å². The number of likely N-dealkylation sites (N-methyl/N-ethyl adjacent to an activating group) is 1. The standard InChI is InChI=1S/C19H23N5O/c1-13-9-14(12-20)10-17(25)18(13)16-11-15-5-4-6-24(8-7-23(2)3)19(15)22-21-16/h9-11,25H,4-8H2,1-3H3. The molecule has 0 bridgehead atoms. The summed E-state index contributed by atoms with van der Waals surface area (Å²) >= 11 is 0. The van der Waals surface area contributed by atoms with E-state index in [4.69, 9.17) is 5.26 Å². The van der Waals surface area contributed by atoms with Crippen LogP contribution in [0.1, 0.15) is 23.1 Å². The molecule has 1 aromatic heterocycles. The van der Waals surface area contributed by atoms with E-state index in [1.165, 1.54) is 6.07 Å². The number of hydrogen-bond acceptors (Lipinski definition) is 6. The van der Waals surface area contributed by atoms with E-state index in [9.17, 15) is 5.11 Å². The molecule has 6 heteroatoms. The maximum absolute atomic E-state index is 10.3. The number of anilines is 1. The van der Waals surface area contributed by atoms with Crippen molar-refractivity contribution >= 4 is 5.82 Å². The molecule has 6 nitrogen and oxygen atoms in total. The molecule has 0 aliphatic carbocycles. The lowest BCUT2D eigenvalue weighted by atomic mass is 9.98. The Morgan fingerprint density at radius 1 is 1.28 bits per heavy atom. The van der Waals surface area contributed by atoms with Crippen LogP contribution in [0.3, 0.4) is 0 Å². The van der Waals surface area contributed by atoms with Crippen molar-refractivity contribution in [3.63, 3.8) is 0 Å². The molecular formula is C19H23N5O. The normalized spacial score (nSPS) is 13.6. The molecule has 2 aromatic rings. The minimum Gasteiger partial charge on any atom is -0.507 e. The van der Waals surface area contributed by atoms with Crippen LogP contribution < -0.4 is 4.90 Å². The van der Waals surface area contributed by atoms with Gasteiger partial charge in [0.2, 0.25) is 0 Å². The van der Waals surface area contributed by atoms with E-state index in [1.807, 2.05) is 13.0 Å². The smallest absolute Gasteiger partial charge is 0.154 e. The Bertz CT molecular complexity index is 802. The van der Waals surface area contributed by atoms with E-state index in [0.717, 1.165) is 49.4 Å². The van der Waals surface area contributed by atoms with Crippen LogP contribution in [0.4, 0.5) is 5.82 Å². The van der Waals surface area contributed by atoms with Crippen LogP contribution in [0.2, 0.25) is 0 Å². The van der Waals surface area contributed by atoms with E-state index in [0.29, 0.717) is 16.8 Å². The maximum Gasteiger partial charge on any atom is 0.154 e. The maximum atomic E-state index is 10.3. The number of phenolic OH excluding ortho intramolecular Hbond substituents is 1. The molecule has 0 atom stereocenters. The quantitative estimate of drug-likeness (QED) is 0.923. The first-order valence-electron chi connectivity index (χ1n) is 8.50. The summed E-state index contributed by atoms with van der Waals surface area (Å²) in [4.78, 5) is 4.44. The average Bonchev–Trinajstić information content (AvgIpc) is 2.58. The number of nitrogens with zero attached hydrogens (tertiary/aromatic N) is 5. The Morgan fingerprint density at radius 2 is 2.08 bits per heavy atom. The van der Waals surface area contributed by atoms with Crippen LogP contribution in [-0.2, 0) is 6.42 Å². The zero-order valence-electron chi connectivity index (χ0n) is 15.0. The molecule has 1 aliphatic rings. The molecule has 25 heavy (non-hydrogen) atoms. The monoisotopic (exact) mass is 337 g/mol. The Balaban J connectivity index is 1.96. The third kappa shape index (κ3) is 3.57. The second-order valence-corrected chi connectivity index (χ2v) is 6.77. The second kappa shape index (κ2) is 7.08. The highest BCUT2D eigenvalue weighted by Gasteiger charge is 2.21. The number of aromatic hydroxyl groups is 1. The molecular weight excluding hydrogens is 314 g/mol. The van der Waals surface area contributed by atoms with Crippen molar-refractivity contribution in [2.45, 2.75) is 19.8 Å². The fourth-order valence-electron chi connectivity index (χ4n) is 3.27. The highest BCUT2D eigenvalue weighted by molar-refractivity contribution is 5.73. The summed E-state index contributed by atoms with van der Waals surface area (Å²) in [7, 11) is 4.13. The zero-order valence-corrected chi connectivity index (χ0v) is 15.0. The molecule has 2 heterocycles. The van der Waals surface area contributed by atoms with E-state index < -0.39 is 0 Å². The van der Waals surface area contributed by atoms with Crippen molar-refractivity contribution in [3.8, 4) is 23.1 Å². The van der Waals surface area contributed by atoms with Crippen molar-refractivity contribution in [1.29, 1.82) is 5.26 Å². The second-order valence-electron chi connectivity index (χ2n) is 6.77. The van der Waals surface area contributed by atoms with Crippen molar-refractivity contribution in [2.75, 3.05) is 38.6 Å². The first-order valence-corrected chi connectivity index (χ1v) is 8.50. The van der Waals surface area contributed by atoms with Crippen LogP contribution in [-0.4, -0.2) is 53.9 Å². The van der Waals surface area contributed by atoms with Gasteiger partial charge in [0.05, 0.1) is 17.3 Å². The van der Waals surface area contributed by atoms with Crippen molar-refractivity contribution in [1.82, 2.24) is 15.1 Å². The molecule has 1 aromatic carbocycles. The number of rotatable bonds is 4. The molecule has 130 valence electrons. The van der Waals surface area contributed by atoms with Gasteiger partial charge < -0.3 is 14.9 Å². The molecule has 0 unspecified atom stereocenters. The fourth-order valence-corrected chi connectivity index (χ4v) is 3.27. The van der Waals surface area contributed by atoms with Gasteiger partial charge in [-0.2, -0.15) is 5.26 Å². The Labute approximate surface area is 148 Å². The average molecular weight is 337 g/mol. The number of hydrogen-bond donors (Lipinski definition) is 1. The van der Waals surface area contributed by atoms with Gasteiger partial charge in [-0.1, -0.05) is 0 Å². The van der Waals surface area contributed by atoms with Crippen LogP contribution in [0.15, 0.2) is 18.2 Å². The van der Waals surface area contributed by atoms with E-state index in [1.54, 1.807) is 6.07 Å². The molecule has 0 radical (unpaired) electrons. The first kappa shape index (κ1) is 17.2. The topological polar surface area (TPSA) is 76.3 Å². The molecule has 0 spiro atoms. The SMILES string of the molecule is Cc1cc(C#N)cc(O)c1-c1cc2c(nn1)N(CCN(C)C)CCC2. The molecule has 1 aliphatic heterocycles. The predicted molar refractivity (Wildman–Crippen MR) is 97.7 cm³/mol. The molecule has 1 N–H and O–H groups in total. The van der Waals surface area contributed by atoms with E-state index in [-0.39, 0.29) is 5.75 Å². The van der Waals surface area contributed by atoms with Crippen LogP contribution in [0, 0.1) is 18.3 Å². The van der Waals surface area contributed by atoms with Gasteiger partial charge in [0.25, 0.3) is 0 Å². The molecule has 3 rings (SSSR count). The minimum atomic E-state index is 0.0751. The third-order valence-corrected chi connectivity index (χ3v) is 4.54. The summed E-state index contributed by atoms with van der Waals surface area (Å²) < 4.78 is 0. The van der Waals surface area contributed by atoms with E-state index >= 15 is 0 Å². The van der Waals surface area contributed by atoms with Crippen molar-refractivity contribution in [2.24, 2.45) is 0 Å². The number of benzene rings is 1. The largest absolute Gasteiger partial charge is 0.507 e. The number of fused-ring (bicyclic) bond motifs is 1. The third-order valence-electron chi connectivity index (χ3n) is 4.54. The molecule has 0 saturated heterocycles. The summed E-state index contributed by atoms with van der Waals surface area (Å²) in [5, 5.41) is 28.2. The summed E-state index contributed by atoms with van der Waals surface area (Å²) in [6, 6.07) is 7.33. The first-order chi connectivity index (χ1) is 12.0. The van der Waals surface area contributed by atoms with Crippen molar-refractivity contribution < 1.29 is 5.11 Å². The van der Waals surface area contributed by atoms with Gasteiger partial charge >= 0.3 is 0 Å².